The molecule has 0 saturated carbocycles. The number of nitrogens with zero attached hydrogens (tertiary/aromatic N) is 2. The highest BCUT2D eigenvalue weighted by Crippen LogP contribution is 2.22. The van der Waals surface area contributed by atoms with Crippen LogP contribution in [0, 0.1) is 0 Å². The molecular weight excluding hydrogens is 386 g/mol. The highest BCUT2D eigenvalue weighted by molar-refractivity contribution is 7.89. The Morgan fingerprint density at radius 3 is 2.07 bits per heavy atom. The Morgan fingerprint density at radius 2 is 1.52 bits per heavy atom. The second-order valence-electron chi connectivity index (χ2n) is 7.16. The van der Waals surface area contributed by atoms with E-state index in [1.165, 1.54) is 41.4 Å². The molecule has 0 aliphatic carbocycles. The zero-order valence-corrected chi connectivity index (χ0v) is 17.9. The van der Waals surface area contributed by atoms with Gasteiger partial charge in [-0.3, -0.25) is 4.79 Å². The Bertz CT molecular complexity index is 915. The zero-order chi connectivity index (χ0) is 20.9. The van der Waals surface area contributed by atoms with Crippen LogP contribution in [0.4, 0.5) is 11.4 Å². The van der Waals surface area contributed by atoms with E-state index in [0.717, 1.165) is 18.8 Å². The lowest BCUT2D eigenvalue weighted by molar-refractivity contribution is 0.102. The molecule has 2 aromatic rings. The van der Waals surface area contributed by atoms with Crippen LogP contribution in [0.15, 0.2) is 53.4 Å². The summed E-state index contributed by atoms with van der Waals surface area (Å²) in [7, 11) is -3.52. The fourth-order valence-corrected chi connectivity index (χ4v) is 5.06. The molecule has 0 aromatic heterocycles. The fraction of sp³-hybridized carbons (Fsp3) is 0.409. The van der Waals surface area contributed by atoms with Crippen LogP contribution in [0.3, 0.4) is 0 Å². The van der Waals surface area contributed by atoms with Crippen LogP contribution in [0.5, 0.6) is 0 Å². The summed E-state index contributed by atoms with van der Waals surface area (Å²) in [5, 5.41) is 2.87. The van der Waals surface area contributed by atoms with E-state index >= 15 is 0 Å². The van der Waals surface area contributed by atoms with Crippen molar-refractivity contribution in [3.05, 3.63) is 54.1 Å². The predicted molar refractivity (Wildman–Crippen MR) is 117 cm³/mol. The number of anilines is 2. The predicted octanol–water partition coefficient (Wildman–Crippen LogP) is 3.96. The van der Waals surface area contributed by atoms with E-state index in [1.54, 1.807) is 26.0 Å². The summed E-state index contributed by atoms with van der Waals surface area (Å²) < 4.78 is 26.5. The summed E-state index contributed by atoms with van der Waals surface area (Å²) in [6, 6.07) is 13.9. The van der Waals surface area contributed by atoms with Gasteiger partial charge in [-0.1, -0.05) is 13.8 Å². The summed E-state index contributed by atoms with van der Waals surface area (Å²) in [5.41, 5.74) is 2.31. The topological polar surface area (TPSA) is 69.7 Å². The van der Waals surface area contributed by atoms with Gasteiger partial charge in [0.05, 0.1) is 4.90 Å². The van der Waals surface area contributed by atoms with E-state index in [9.17, 15) is 13.2 Å². The monoisotopic (exact) mass is 415 g/mol. The number of sulfonamides is 1. The summed E-state index contributed by atoms with van der Waals surface area (Å²) in [6.45, 7) is 6.59. The number of piperidine rings is 1. The number of nitrogens with one attached hydrogen (secondary N) is 1. The molecule has 3 rings (SSSR count). The minimum absolute atomic E-state index is 0.198. The van der Waals surface area contributed by atoms with Crippen molar-refractivity contribution in [3.8, 4) is 0 Å². The van der Waals surface area contributed by atoms with Crippen molar-refractivity contribution >= 4 is 27.3 Å². The number of rotatable bonds is 7. The molecule has 29 heavy (non-hydrogen) atoms. The van der Waals surface area contributed by atoms with Crippen LogP contribution in [-0.2, 0) is 10.0 Å². The largest absolute Gasteiger partial charge is 0.372 e. The molecular formula is C22H29N3O3S. The van der Waals surface area contributed by atoms with Gasteiger partial charge in [-0.25, -0.2) is 8.42 Å². The summed E-state index contributed by atoms with van der Waals surface area (Å²) >= 11 is 0. The Balaban J connectivity index is 1.66. The third-order valence-electron chi connectivity index (χ3n) is 5.31. The van der Waals surface area contributed by atoms with Gasteiger partial charge < -0.3 is 10.2 Å². The van der Waals surface area contributed by atoms with Crippen molar-refractivity contribution in [2.45, 2.75) is 38.0 Å². The first-order chi connectivity index (χ1) is 14.0. The van der Waals surface area contributed by atoms with Crippen molar-refractivity contribution in [2.75, 3.05) is 36.4 Å². The van der Waals surface area contributed by atoms with Gasteiger partial charge in [0.15, 0.2) is 0 Å². The molecule has 1 aliphatic rings. The molecule has 156 valence electrons. The van der Waals surface area contributed by atoms with Crippen molar-refractivity contribution < 1.29 is 13.2 Å². The number of carbonyl (C=O) groups is 1. The molecule has 0 atom stereocenters. The maximum atomic E-state index is 12.6. The second-order valence-corrected chi connectivity index (χ2v) is 9.10. The van der Waals surface area contributed by atoms with Gasteiger partial charge in [-0.2, -0.15) is 4.31 Å². The highest BCUT2D eigenvalue weighted by Gasteiger charge is 2.21. The summed E-state index contributed by atoms with van der Waals surface area (Å²) in [5.74, 6) is -0.262. The third kappa shape index (κ3) is 4.97. The highest BCUT2D eigenvalue weighted by atomic mass is 32.2. The molecule has 6 nitrogen and oxygen atoms in total. The molecule has 0 bridgehead atoms. The first-order valence-corrected chi connectivity index (χ1v) is 11.7. The van der Waals surface area contributed by atoms with E-state index < -0.39 is 10.0 Å². The van der Waals surface area contributed by atoms with Crippen LogP contribution >= 0.6 is 0 Å². The normalized spacial score (nSPS) is 14.8. The lowest BCUT2D eigenvalue weighted by atomic mass is 10.1. The van der Waals surface area contributed by atoms with Crippen LogP contribution in [0.25, 0.3) is 0 Å². The Labute approximate surface area is 173 Å². The van der Waals surface area contributed by atoms with Crippen LogP contribution in [-0.4, -0.2) is 44.8 Å². The lowest BCUT2D eigenvalue weighted by Crippen LogP contribution is -2.30. The molecule has 1 fully saturated rings. The number of benzene rings is 2. The van der Waals surface area contributed by atoms with Crippen molar-refractivity contribution in [1.29, 1.82) is 0 Å². The van der Waals surface area contributed by atoms with Gasteiger partial charge >= 0.3 is 0 Å². The van der Waals surface area contributed by atoms with Crippen molar-refractivity contribution in [2.24, 2.45) is 0 Å². The van der Waals surface area contributed by atoms with Gasteiger partial charge in [-0.05, 0) is 67.8 Å². The number of hydrogen-bond donors (Lipinski definition) is 1. The molecule has 0 spiro atoms. The Morgan fingerprint density at radius 1 is 0.931 bits per heavy atom. The molecule has 1 N–H and O–H groups in total. The Hall–Kier alpha value is -2.38. The van der Waals surface area contributed by atoms with Gasteiger partial charge in [0.25, 0.3) is 5.91 Å². The number of carbonyl (C=O) groups excluding carboxylic acids is 1. The SMILES string of the molecule is CCN(CC)S(=O)(=O)c1ccc(C(=O)Nc2ccc(N3CCCCC3)cc2)cc1. The van der Waals surface area contributed by atoms with E-state index in [1.807, 2.05) is 24.3 Å². The molecule has 0 unspecified atom stereocenters. The van der Waals surface area contributed by atoms with Crippen LogP contribution in [0.2, 0.25) is 0 Å². The average molecular weight is 416 g/mol. The van der Waals surface area contributed by atoms with Crippen LogP contribution < -0.4 is 10.2 Å². The van der Waals surface area contributed by atoms with Crippen LogP contribution in [0.1, 0.15) is 43.5 Å². The van der Waals surface area contributed by atoms with E-state index in [4.69, 9.17) is 0 Å². The molecule has 0 radical (unpaired) electrons. The summed E-state index contributed by atoms with van der Waals surface area (Å²) in [6.07, 6.45) is 3.73. The van der Waals surface area contributed by atoms with Gasteiger partial charge in [0.2, 0.25) is 10.0 Å². The lowest BCUT2D eigenvalue weighted by Gasteiger charge is -2.28. The van der Waals surface area contributed by atoms with E-state index in [0.29, 0.717) is 18.7 Å². The van der Waals surface area contributed by atoms with Crippen molar-refractivity contribution in [3.63, 3.8) is 0 Å². The van der Waals surface area contributed by atoms with E-state index in [2.05, 4.69) is 10.2 Å². The smallest absolute Gasteiger partial charge is 0.255 e. The molecule has 7 heteroatoms. The van der Waals surface area contributed by atoms with Gasteiger partial charge in [0.1, 0.15) is 0 Å². The molecule has 1 amide bonds. The Kier molecular flexibility index (Phi) is 6.92. The quantitative estimate of drug-likeness (QED) is 0.743. The van der Waals surface area contributed by atoms with E-state index in [-0.39, 0.29) is 10.8 Å². The maximum Gasteiger partial charge on any atom is 0.255 e. The molecule has 1 heterocycles. The third-order valence-corrected chi connectivity index (χ3v) is 7.37. The first kappa shape index (κ1) is 21.3. The van der Waals surface area contributed by atoms with Gasteiger partial charge in [-0.15, -0.1) is 0 Å². The average Bonchev–Trinajstić information content (AvgIpc) is 2.75. The molecule has 1 aliphatic heterocycles. The first-order valence-electron chi connectivity index (χ1n) is 10.2. The molecule has 2 aromatic carbocycles. The standard InChI is InChI=1S/C22H29N3O3S/c1-3-25(4-2)29(27,28)21-14-8-18(9-15-21)22(26)23-19-10-12-20(13-11-19)24-16-6-5-7-17-24/h8-15H,3-7,16-17H2,1-2H3,(H,23,26). The number of hydrogen-bond acceptors (Lipinski definition) is 4. The minimum Gasteiger partial charge on any atom is -0.372 e. The number of amides is 1. The van der Waals surface area contributed by atoms with Crippen molar-refractivity contribution in [1.82, 2.24) is 4.31 Å². The fourth-order valence-electron chi connectivity index (χ4n) is 3.60. The maximum absolute atomic E-state index is 12.6. The molecule has 1 saturated heterocycles. The zero-order valence-electron chi connectivity index (χ0n) is 17.1. The van der Waals surface area contributed by atoms with Gasteiger partial charge in [0, 0.05) is 43.1 Å². The second kappa shape index (κ2) is 9.41. The summed E-state index contributed by atoms with van der Waals surface area (Å²) in [4.78, 5) is 15.1. The minimum atomic E-state index is -3.52.